The van der Waals surface area contributed by atoms with Crippen molar-refractivity contribution in [3.8, 4) is 0 Å². The Balaban J connectivity index is 2.75. The summed E-state index contributed by atoms with van der Waals surface area (Å²) >= 11 is 0. The summed E-state index contributed by atoms with van der Waals surface area (Å²) < 4.78 is 0. The topological polar surface area (TPSA) is 76.2 Å². The molecule has 0 fully saturated rings. The number of aliphatic hydroxyl groups excluding tert-OH is 1. The largest absolute Gasteiger partial charge is 0.392 e. The van der Waals surface area contributed by atoms with E-state index in [1.807, 2.05) is 0 Å². The van der Waals surface area contributed by atoms with E-state index in [0.29, 0.717) is 5.69 Å². The van der Waals surface area contributed by atoms with Crippen molar-refractivity contribution in [1.29, 1.82) is 0 Å². The summed E-state index contributed by atoms with van der Waals surface area (Å²) in [5.74, 6) is -0.506. The smallest absolute Gasteiger partial charge is 0.241 e. The molecule has 0 aliphatic rings. The van der Waals surface area contributed by atoms with Crippen molar-refractivity contribution in [2.45, 2.75) is 6.61 Å². The molecule has 1 heterocycles. The van der Waals surface area contributed by atoms with Gasteiger partial charge in [0.1, 0.15) is 0 Å². The van der Waals surface area contributed by atoms with Gasteiger partial charge in [-0.3, -0.25) is 9.78 Å². The van der Waals surface area contributed by atoms with E-state index in [9.17, 15) is 4.79 Å². The van der Waals surface area contributed by atoms with Crippen LogP contribution in [0.2, 0.25) is 0 Å². The van der Waals surface area contributed by atoms with Gasteiger partial charge in [-0.15, -0.1) is 0 Å². The predicted molar refractivity (Wildman–Crippen MR) is 48.4 cm³/mol. The van der Waals surface area contributed by atoms with Crippen LogP contribution in [0, 0.1) is 0 Å². The van der Waals surface area contributed by atoms with Crippen LogP contribution < -0.4 is 5.73 Å². The second-order valence-electron chi connectivity index (χ2n) is 2.49. The molecule has 0 unspecified atom stereocenters. The molecule has 1 rings (SSSR count). The number of aliphatic hydroxyl groups is 1. The zero-order valence-corrected chi connectivity index (χ0v) is 6.97. The third kappa shape index (κ3) is 3.04. The SMILES string of the molecule is NC(=O)C=Cc1ccc(CO)cn1. The van der Waals surface area contributed by atoms with Crippen LogP contribution in [0.25, 0.3) is 6.08 Å². The number of carbonyl (C=O) groups excluding carboxylic acids is 1. The molecule has 0 aliphatic carbocycles. The van der Waals surface area contributed by atoms with Crippen LogP contribution in [0.1, 0.15) is 11.3 Å². The lowest BCUT2D eigenvalue weighted by Gasteiger charge is -1.95. The Bertz CT molecular complexity index is 317. The first-order chi connectivity index (χ1) is 6.22. The van der Waals surface area contributed by atoms with E-state index in [0.717, 1.165) is 5.56 Å². The minimum absolute atomic E-state index is 0.0349. The lowest BCUT2D eigenvalue weighted by molar-refractivity contribution is -0.113. The zero-order valence-electron chi connectivity index (χ0n) is 6.97. The van der Waals surface area contributed by atoms with Crippen molar-refractivity contribution in [3.05, 3.63) is 35.7 Å². The van der Waals surface area contributed by atoms with E-state index in [2.05, 4.69) is 4.98 Å². The molecule has 3 N–H and O–H groups in total. The van der Waals surface area contributed by atoms with Gasteiger partial charge >= 0.3 is 0 Å². The van der Waals surface area contributed by atoms with Gasteiger partial charge in [-0.05, 0) is 17.7 Å². The molecule has 1 aromatic heterocycles. The Morgan fingerprint density at radius 1 is 1.62 bits per heavy atom. The molecule has 0 radical (unpaired) electrons. The van der Waals surface area contributed by atoms with Crippen molar-refractivity contribution in [1.82, 2.24) is 4.98 Å². The first-order valence-electron chi connectivity index (χ1n) is 3.75. The molecule has 1 aromatic rings. The van der Waals surface area contributed by atoms with E-state index in [-0.39, 0.29) is 6.61 Å². The molecule has 13 heavy (non-hydrogen) atoms. The molecule has 4 nitrogen and oxygen atoms in total. The summed E-state index contributed by atoms with van der Waals surface area (Å²) in [4.78, 5) is 14.3. The van der Waals surface area contributed by atoms with Crippen LogP contribution in [-0.2, 0) is 11.4 Å². The van der Waals surface area contributed by atoms with E-state index in [1.54, 1.807) is 18.3 Å². The summed E-state index contributed by atoms with van der Waals surface area (Å²) in [5, 5.41) is 8.71. The van der Waals surface area contributed by atoms with E-state index < -0.39 is 5.91 Å². The van der Waals surface area contributed by atoms with Crippen LogP contribution in [-0.4, -0.2) is 16.0 Å². The summed E-state index contributed by atoms with van der Waals surface area (Å²) in [7, 11) is 0. The van der Waals surface area contributed by atoms with Gasteiger partial charge in [0.05, 0.1) is 12.3 Å². The quantitative estimate of drug-likeness (QED) is 0.643. The highest BCUT2D eigenvalue weighted by Crippen LogP contribution is 2.01. The van der Waals surface area contributed by atoms with Gasteiger partial charge in [-0.1, -0.05) is 6.07 Å². The van der Waals surface area contributed by atoms with Crippen molar-refractivity contribution < 1.29 is 9.90 Å². The molecule has 68 valence electrons. The molecular formula is C9H10N2O2. The summed E-state index contributed by atoms with van der Waals surface area (Å²) in [6.07, 6.45) is 4.30. The number of hydrogen-bond donors (Lipinski definition) is 2. The fourth-order valence-electron chi connectivity index (χ4n) is 0.796. The van der Waals surface area contributed by atoms with Crippen LogP contribution in [0.5, 0.6) is 0 Å². The van der Waals surface area contributed by atoms with Gasteiger partial charge in [-0.2, -0.15) is 0 Å². The Labute approximate surface area is 75.7 Å². The standard InChI is InChI=1S/C9H10N2O2/c10-9(13)4-3-8-2-1-7(6-12)5-11-8/h1-5,12H,6H2,(H2,10,13). The van der Waals surface area contributed by atoms with Gasteiger partial charge in [0, 0.05) is 12.3 Å². The fraction of sp³-hybridized carbons (Fsp3) is 0.111. The maximum absolute atomic E-state index is 10.4. The number of primary amides is 1. The van der Waals surface area contributed by atoms with Gasteiger partial charge < -0.3 is 10.8 Å². The molecular weight excluding hydrogens is 168 g/mol. The normalized spacial score (nSPS) is 10.5. The van der Waals surface area contributed by atoms with Gasteiger partial charge in [0.2, 0.25) is 5.91 Å². The monoisotopic (exact) mass is 178 g/mol. The molecule has 0 saturated heterocycles. The number of rotatable bonds is 3. The van der Waals surface area contributed by atoms with Crippen molar-refractivity contribution >= 4 is 12.0 Å². The molecule has 4 heteroatoms. The van der Waals surface area contributed by atoms with Crippen LogP contribution >= 0.6 is 0 Å². The molecule has 0 saturated carbocycles. The van der Waals surface area contributed by atoms with E-state index in [4.69, 9.17) is 10.8 Å². The average molecular weight is 178 g/mol. The second kappa shape index (κ2) is 4.37. The Morgan fingerprint density at radius 3 is 2.85 bits per heavy atom. The number of aromatic nitrogens is 1. The van der Waals surface area contributed by atoms with Crippen LogP contribution in [0.4, 0.5) is 0 Å². The molecule has 0 spiro atoms. The van der Waals surface area contributed by atoms with Crippen molar-refractivity contribution in [3.63, 3.8) is 0 Å². The van der Waals surface area contributed by atoms with E-state index in [1.165, 1.54) is 12.2 Å². The van der Waals surface area contributed by atoms with Crippen LogP contribution in [0.3, 0.4) is 0 Å². The number of hydrogen-bond acceptors (Lipinski definition) is 3. The number of nitrogens with zero attached hydrogens (tertiary/aromatic N) is 1. The van der Waals surface area contributed by atoms with Crippen molar-refractivity contribution in [2.75, 3.05) is 0 Å². The van der Waals surface area contributed by atoms with Gasteiger partial charge in [0.15, 0.2) is 0 Å². The van der Waals surface area contributed by atoms with Crippen molar-refractivity contribution in [2.24, 2.45) is 5.73 Å². The lowest BCUT2D eigenvalue weighted by atomic mass is 10.2. The Hall–Kier alpha value is -1.68. The molecule has 0 atom stereocenters. The average Bonchev–Trinajstić information content (AvgIpc) is 2.15. The minimum atomic E-state index is -0.506. The maximum Gasteiger partial charge on any atom is 0.241 e. The number of amides is 1. The molecule has 0 bridgehead atoms. The summed E-state index contributed by atoms with van der Waals surface area (Å²) in [5.41, 5.74) is 6.27. The maximum atomic E-state index is 10.4. The fourth-order valence-corrected chi connectivity index (χ4v) is 0.796. The summed E-state index contributed by atoms with van der Waals surface area (Å²) in [6.45, 7) is -0.0349. The van der Waals surface area contributed by atoms with E-state index >= 15 is 0 Å². The number of carbonyl (C=O) groups is 1. The Morgan fingerprint density at radius 2 is 2.38 bits per heavy atom. The third-order valence-electron chi connectivity index (χ3n) is 1.45. The molecule has 0 aromatic carbocycles. The highest BCUT2D eigenvalue weighted by atomic mass is 16.3. The first kappa shape index (κ1) is 9.41. The highest BCUT2D eigenvalue weighted by molar-refractivity contribution is 5.89. The van der Waals surface area contributed by atoms with Gasteiger partial charge in [-0.25, -0.2) is 0 Å². The minimum Gasteiger partial charge on any atom is -0.392 e. The lowest BCUT2D eigenvalue weighted by Crippen LogP contribution is -2.05. The zero-order chi connectivity index (χ0) is 9.68. The third-order valence-corrected chi connectivity index (χ3v) is 1.45. The molecule has 0 aliphatic heterocycles. The van der Waals surface area contributed by atoms with Crippen LogP contribution in [0.15, 0.2) is 24.4 Å². The highest BCUT2D eigenvalue weighted by Gasteiger charge is 1.91. The number of pyridine rings is 1. The Kier molecular flexibility index (Phi) is 3.16. The second-order valence-corrected chi connectivity index (χ2v) is 2.49. The predicted octanol–water partition coefficient (Wildman–Crippen LogP) is 0.0724. The summed E-state index contributed by atoms with van der Waals surface area (Å²) in [6, 6.07) is 3.43. The first-order valence-corrected chi connectivity index (χ1v) is 3.75. The van der Waals surface area contributed by atoms with Gasteiger partial charge in [0.25, 0.3) is 0 Å². The molecule has 1 amide bonds. The number of nitrogens with two attached hydrogens (primary N) is 1.